The Balaban J connectivity index is 1.95. The zero-order valence-electron chi connectivity index (χ0n) is 11.4. The van der Waals surface area contributed by atoms with Gasteiger partial charge in [-0.2, -0.15) is 4.98 Å². The normalized spacial score (nSPS) is 10.5. The quantitative estimate of drug-likeness (QED) is 0.783. The first-order valence-electron chi connectivity index (χ1n) is 6.46. The van der Waals surface area contributed by atoms with Crippen LogP contribution < -0.4 is 5.32 Å². The minimum absolute atomic E-state index is 0.533. The predicted molar refractivity (Wildman–Crippen MR) is 79.5 cm³/mol. The van der Waals surface area contributed by atoms with Crippen LogP contribution in [0.1, 0.15) is 5.56 Å². The molecule has 0 amide bonds. The van der Waals surface area contributed by atoms with Gasteiger partial charge in [0.2, 0.25) is 5.82 Å². The van der Waals surface area contributed by atoms with Gasteiger partial charge in [-0.3, -0.25) is 0 Å². The third kappa shape index (κ3) is 2.28. The molecule has 0 aliphatic heterocycles. The van der Waals surface area contributed by atoms with E-state index in [1.807, 2.05) is 62.5 Å². The number of benzene rings is 2. The molecule has 0 fully saturated rings. The lowest BCUT2D eigenvalue weighted by atomic mass is 10.1. The molecule has 0 spiro atoms. The summed E-state index contributed by atoms with van der Waals surface area (Å²) in [6.45, 7) is 2.03. The van der Waals surface area contributed by atoms with E-state index in [0.717, 1.165) is 22.4 Å². The first-order valence-corrected chi connectivity index (χ1v) is 6.46. The summed E-state index contributed by atoms with van der Waals surface area (Å²) in [5.41, 5.74) is 4.09. The van der Waals surface area contributed by atoms with Crippen LogP contribution in [0.2, 0.25) is 0 Å². The standard InChI is InChI=1S/C16H15N3O/c1-11-5-3-4-6-14(11)15-18-16(20-19-15)12-7-9-13(17-2)10-8-12/h3-10,17H,1-2H3. The molecule has 1 heterocycles. The zero-order chi connectivity index (χ0) is 13.9. The van der Waals surface area contributed by atoms with Crippen molar-refractivity contribution in [1.82, 2.24) is 10.1 Å². The van der Waals surface area contributed by atoms with E-state index in [0.29, 0.717) is 11.7 Å². The fraction of sp³-hybridized carbons (Fsp3) is 0.125. The summed E-state index contributed by atoms with van der Waals surface area (Å²) < 4.78 is 5.35. The molecule has 0 atom stereocenters. The second-order valence-corrected chi connectivity index (χ2v) is 4.57. The molecule has 3 rings (SSSR count). The number of nitrogens with one attached hydrogen (secondary N) is 1. The molecule has 1 N–H and O–H groups in total. The summed E-state index contributed by atoms with van der Waals surface area (Å²) in [6, 6.07) is 15.9. The second-order valence-electron chi connectivity index (χ2n) is 4.57. The summed E-state index contributed by atoms with van der Waals surface area (Å²) in [6.07, 6.45) is 0. The van der Waals surface area contributed by atoms with Crippen molar-refractivity contribution in [3.8, 4) is 22.8 Å². The van der Waals surface area contributed by atoms with E-state index in [2.05, 4.69) is 15.5 Å². The van der Waals surface area contributed by atoms with Gasteiger partial charge in [-0.25, -0.2) is 0 Å². The number of aryl methyl sites for hydroxylation is 1. The second kappa shape index (κ2) is 5.17. The molecule has 20 heavy (non-hydrogen) atoms. The lowest BCUT2D eigenvalue weighted by Gasteiger charge is -1.99. The molecule has 4 nitrogen and oxygen atoms in total. The molecule has 0 saturated carbocycles. The van der Waals surface area contributed by atoms with Gasteiger partial charge in [-0.1, -0.05) is 29.4 Å². The summed E-state index contributed by atoms with van der Waals surface area (Å²) in [5, 5.41) is 7.14. The number of anilines is 1. The molecule has 0 bridgehead atoms. The van der Waals surface area contributed by atoms with Crippen molar-refractivity contribution < 1.29 is 4.52 Å². The summed E-state index contributed by atoms with van der Waals surface area (Å²) in [4.78, 5) is 4.47. The molecule has 1 aromatic heterocycles. The Morgan fingerprint density at radius 2 is 1.75 bits per heavy atom. The monoisotopic (exact) mass is 265 g/mol. The maximum absolute atomic E-state index is 5.35. The fourth-order valence-electron chi connectivity index (χ4n) is 2.05. The first kappa shape index (κ1) is 12.4. The summed E-state index contributed by atoms with van der Waals surface area (Å²) >= 11 is 0. The lowest BCUT2D eigenvalue weighted by Crippen LogP contribution is -1.87. The van der Waals surface area contributed by atoms with Gasteiger partial charge < -0.3 is 9.84 Å². The van der Waals surface area contributed by atoms with E-state index in [1.54, 1.807) is 0 Å². The van der Waals surface area contributed by atoms with Crippen LogP contribution in [0.5, 0.6) is 0 Å². The van der Waals surface area contributed by atoms with Crippen LogP contribution in [-0.4, -0.2) is 17.2 Å². The third-order valence-electron chi connectivity index (χ3n) is 3.23. The van der Waals surface area contributed by atoms with Crippen LogP contribution in [0.4, 0.5) is 5.69 Å². The minimum atomic E-state index is 0.533. The summed E-state index contributed by atoms with van der Waals surface area (Å²) in [7, 11) is 1.89. The molecule has 0 unspecified atom stereocenters. The summed E-state index contributed by atoms with van der Waals surface area (Å²) in [5.74, 6) is 1.15. The van der Waals surface area contributed by atoms with E-state index in [1.165, 1.54) is 0 Å². The largest absolute Gasteiger partial charge is 0.388 e. The van der Waals surface area contributed by atoms with E-state index >= 15 is 0 Å². The van der Waals surface area contributed by atoms with Crippen LogP contribution >= 0.6 is 0 Å². The highest BCUT2D eigenvalue weighted by atomic mass is 16.5. The van der Waals surface area contributed by atoms with Gasteiger partial charge in [-0.15, -0.1) is 0 Å². The van der Waals surface area contributed by atoms with Gasteiger partial charge in [-0.05, 0) is 36.8 Å². The number of hydrogen-bond acceptors (Lipinski definition) is 4. The maximum atomic E-state index is 5.35. The molecule has 3 aromatic rings. The molecular formula is C16H15N3O. The molecule has 0 aliphatic rings. The van der Waals surface area contributed by atoms with E-state index in [-0.39, 0.29) is 0 Å². The van der Waals surface area contributed by atoms with Gasteiger partial charge >= 0.3 is 0 Å². The number of nitrogens with zero attached hydrogens (tertiary/aromatic N) is 2. The third-order valence-corrected chi connectivity index (χ3v) is 3.23. The van der Waals surface area contributed by atoms with Crippen LogP contribution in [-0.2, 0) is 0 Å². The van der Waals surface area contributed by atoms with Crippen molar-refractivity contribution >= 4 is 5.69 Å². The van der Waals surface area contributed by atoms with Crippen molar-refractivity contribution in [1.29, 1.82) is 0 Å². The molecular weight excluding hydrogens is 250 g/mol. The van der Waals surface area contributed by atoms with Crippen molar-refractivity contribution in [3.05, 3.63) is 54.1 Å². The molecule has 2 aromatic carbocycles. The average molecular weight is 265 g/mol. The molecule has 0 aliphatic carbocycles. The topological polar surface area (TPSA) is 51.0 Å². The molecule has 4 heteroatoms. The Labute approximate surface area is 117 Å². The van der Waals surface area contributed by atoms with Gasteiger partial charge in [0.25, 0.3) is 5.89 Å². The number of aromatic nitrogens is 2. The van der Waals surface area contributed by atoms with E-state index in [4.69, 9.17) is 4.52 Å². The Bertz CT molecular complexity index is 717. The van der Waals surface area contributed by atoms with E-state index in [9.17, 15) is 0 Å². The minimum Gasteiger partial charge on any atom is -0.388 e. The molecule has 0 radical (unpaired) electrons. The highest BCUT2D eigenvalue weighted by Gasteiger charge is 2.11. The van der Waals surface area contributed by atoms with Gasteiger partial charge in [0.15, 0.2) is 0 Å². The van der Waals surface area contributed by atoms with Gasteiger partial charge in [0.05, 0.1) is 0 Å². The van der Waals surface area contributed by atoms with Crippen molar-refractivity contribution in [2.24, 2.45) is 0 Å². The molecule has 0 saturated heterocycles. The molecule has 100 valence electrons. The van der Waals surface area contributed by atoms with Crippen molar-refractivity contribution in [2.45, 2.75) is 6.92 Å². The Morgan fingerprint density at radius 3 is 2.45 bits per heavy atom. The van der Waals surface area contributed by atoms with Crippen molar-refractivity contribution in [3.63, 3.8) is 0 Å². The Hall–Kier alpha value is -2.62. The average Bonchev–Trinajstić information content (AvgIpc) is 2.97. The highest BCUT2D eigenvalue weighted by Crippen LogP contribution is 2.25. The van der Waals surface area contributed by atoms with Crippen molar-refractivity contribution in [2.75, 3.05) is 12.4 Å². The Kier molecular flexibility index (Phi) is 3.21. The SMILES string of the molecule is CNc1ccc(-c2nc(-c3ccccc3C)no2)cc1. The van der Waals surface area contributed by atoms with Gasteiger partial charge in [0.1, 0.15) is 0 Å². The maximum Gasteiger partial charge on any atom is 0.258 e. The first-order chi connectivity index (χ1) is 9.78. The number of rotatable bonds is 3. The smallest absolute Gasteiger partial charge is 0.258 e. The zero-order valence-corrected chi connectivity index (χ0v) is 11.4. The van der Waals surface area contributed by atoms with Crippen LogP contribution in [0, 0.1) is 6.92 Å². The predicted octanol–water partition coefficient (Wildman–Crippen LogP) is 3.75. The van der Waals surface area contributed by atoms with E-state index < -0.39 is 0 Å². The number of hydrogen-bond donors (Lipinski definition) is 1. The lowest BCUT2D eigenvalue weighted by molar-refractivity contribution is 0.432. The fourth-order valence-corrected chi connectivity index (χ4v) is 2.05. The Morgan fingerprint density at radius 1 is 1.00 bits per heavy atom. The van der Waals surface area contributed by atoms with Crippen LogP contribution in [0.15, 0.2) is 53.1 Å². The van der Waals surface area contributed by atoms with Gasteiger partial charge in [0, 0.05) is 23.9 Å². The van der Waals surface area contributed by atoms with Crippen LogP contribution in [0.25, 0.3) is 22.8 Å². The van der Waals surface area contributed by atoms with Crippen LogP contribution in [0.3, 0.4) is 0 Å². The highest BCUT2D eigenvalue weighted by molar-refractivity contribution is 5.63.